The molecule has 1 aliphatic carbocycles. The van der Waals surface area contributed by atoms with E-state index in [0.717, 1.165) is 31.2 Å². The number of nitrogens with two attached hydrogens (primary N) is 1. The van der Waals surface area contributed by atoms with Crippen molar-refractivity contribution in [2.24, 2.45) is 0 Å². The van der Waals surface area contributed by atoms with Crippen LogP contribution in [0, 0.1) is 0 Å². The molecule has 0 aromatic heterocycles. The first kappa shape index (κ1) is 14.2. The molecule has 21 heavy (non-hydrogen) atoms. The number of hydrogen-bond donors (Lipinski definition) is 3. The van der Waals surface area contributed by atoms with Crippen molar-refractivity contribution in [1.29, 1.82) is 0 Å². The van der Waals surface area contributed by atoms with Crippen molar-refractivity contribution in [3.63, 3.8) is 0 Å². The Bertz CT molecular complexity index is 527. The lowest BCUT2D eigenvalue weighted by Crippen LogP contribution is -2.28. The second-order valence-corrected chi connectivity index (χ2v) is 6.02. The monoisotopic (exact) mass is 288 g/mol. The highest BCUT2D eigenvalue weighted by atomic mass is 16.1. The molecule has 1 saturated carbocycles. The van der Waals surface area contributed by atoms with Gasteiger partial charge in [-0.15, -0.1) is 0 Å². The van der Waals surface area contributed by atoms with Gasteiger partial charge >= 0.3 is 0 Å². The van der Waals surface area contributed by atoms with Crippen LogP contribution in [0.4, 0.5) is 11.4 Å². The summed E-state index contributed by atoms with van der Waals surface area (Å²) < 4.78 is 0. The number of amides is 1. The van der Waals surface area contributed by atoms with Crippen molar-refractivity contribution >= 4 is 17.3 Å². The summed E-state index contributed by atoms with van der Waals surface area (Å²) in [6, 6.07) is 6.69. The molecule has 1 amide bonds. The van der Waals surface area contributed by atoms with Gasteiger partial charge in [-0.2, -0.15) is 0 Å². The summed E-state index contributed by atoms with van der Waals surface area (Å²) in [7, 11) is 0. The average molecular weight is 288 g/mol. The van der Waals surface area contributed by atoms with Crippen LogP contribution in [0.15, 0.2) is 18.2 Å². The van der Waals surface area contributed by atoms with Gasteiger partial charge in [-0.3, -0.25) is 9.69 Å². The molecule has 4 N–H and O–H groups in total. The van der Waals surface area contributed by atoms with E-state index in [1.165, 1.54) is 12.8 Å². The second kappa shape index (κ2) is 5.93. The van der Waals surface area contributed by atoms with Crippen molar-refractivity contribution in [3.05, 3.63) is 23.8 Å². The third kappa shape index (κ3) is 3.29. The van der Waals surface area contributed by atoms with Gasteiger partial charge in [-0.1, -0.05) is 0 Å². The van der Waals surface area contributed by atoms with Crippen LogP contribution in [-0.4, -0.2) is 42.5 Å². The zero-order valence-corrected chi connectivity index (χ0v) is 12.6. The van der Waals surface area contributed by atoms with Gasteiger partial charge in [-0.25, -0.2) is 0 Å². The minimum atomic E-state index is -0.0495. The molecule has 114 valence electrons. The third-order valence-electron chi connectivity index (χ3n) is 4.30. The van der Waals surface area contributed by atoms with Crippen LogP contribution in [-0.2, 0) is 0 Å². The third-order valence-corrected chi connectivity index (χ3v) is 4.30. The summed E-state index contributed by atoms with van der Waals surface area (Å²) in [6.45, 7) is 4.79. The highest BCUT2D eigenvalue weighted by Crippen LogP contribution is 2.31. The zero-order valence-electron chi connectivity index (χ0n) is 12.6. The zero-order chi connectivity index (χ0) is 14.8. The Balaban J connectivity index is 1.66. The predicted octanol–water partition coefficient (Wildman–Crippen LogP) is 1.67. The Morgan fingerprint density at radius 2 is 2.19 bits per heavy atom. The van der Waals surface area contributed by atoms with E-state index in [4.69, 9.17) is 5.73 Å². The number of nitrogens with one attached hydrogen (secondary N) is 2. The SMILES string of the molecule is CCNC(=O)c1ccc(N)c(NC2CCN(C3CC3)C2)c1. The molecule has 3 rings (SSSR count). The minimum Gasteiger partial charge on any atom is -0.397 e. The summed E-state index contributed by atoms with van der Waals surface area (Å²) in [6.07, 6.45) is 3.84. The van der Waals surface area contributed by atoms with Crippen LogP contribution in [0.5, 0.6) is 0 Å². The second-order valence-electron chi connectivity index (χ2n) is 6.02. The number of benzene rings is 1. The fraction of sp³-hybridized carbons (Fsp3) is 0.562. The Morgan fingerprint density at radius 3 is 2.90 bits per heavy atom. The smallest absolute Gasteiger partial charge is 0.251 e. The topological polar surface area (TPSA) is 70.4 Å². The maximum atomic E-state index is 11.9. The molecule has 1 aromatic rings. The van der Waals surface area contributed by atoms with E-state index in [2.05, 4.69) is 15.5 Å². The van der Waals surface area contributed by atoms with E-state index >= 15 is 0 Å². The largest absolute Gasteiger partial charge is 0.397 e. The summed E-state index contributed by atoms with van der Waals surface area (Å²) in [4.78, 5) is 14.5. The van der Waals surface area contributed by atoms with Crippen molar-refractivity contribution < 1.29 is 4.79 Å². The molecule has 5 nitrogen and oxygen atoms in total. The van der Waals surface area contributed by atoms with Crippen molar-refractivity contribution in [3.8, 4) is 0 Å². The molecule has 5 heteroatoms. The van der Waals surface area contributed by atoms with E-state index in [1.54, 1.807) is 12.1 Å². The first-order valence-corrected chi connectivity index (χ1v) is 7.85. The quantitative estimate of drug-likeness (QED) is 0.721. The van der Waals surface area contributed by atoms with Gasteiger partial charge in [0, 0.05) is 37.3 Å². The van der Waals surface area contributed by atoms with Crippen molar-refractivity contribution in [2.45, 2.75) is 38.3 Å². The number of rotatable bonds is 5. The van der Waals surface area contributed by atoms with Crippen LogP contribution in [0.1, 0.15) is 36.5 Å². The van der Waals surface area contributed by atoms with Crippen LogP contribution in [0.2, 0.25) is 0 Å². The van der Waals surface area contributed by atoms with Crippen LogP contribution >= 0.6 is 0 Å². The maximum Gasteiger partial charge on any atom is 0.251 e. The molecule has 1 unspecified atom stereocenters. The lowest BCUT2D eigenvalue weighted by Gasteiger charge is -2.18. The molecule has 1 saturated heterocycles. The number of likely N-dealkylation sites (tertiary alicyclic amines) is 1. The lowest BCUT2D eigenvalue weighted by molar-refractivity contribution is 0.0956. The molecule has 1 atom stereocenters. The van der Waals surface area contributed by atoms with E-state index < -0.39 is 0 Å². The van der Waals surface area contributed by atoms with Crippen molar-refractivity contribution in [1.82, 2.24) is 10.2 Å². The van der Waals surface area contributed by atoms with Gasteiger partial charge in [0.2, 0.25) is 0 Å². The highest BCUT2D eigenvalue weighted by molar-refractivity contribution is 5.96. The Kier molecular flexibility index (Phi) is 4.01. The Hall–Kier alpha value is -1.75. The number of anilines is 2. The van der Waals surface area contributed by atoms with Crippen molar-refractivity contribution in [2.75, 3.05) is 30.7 Å². The molecular formula is C16H24N4O. The number of nitrogens with zero attached hydrogens (tertiary/aromatic N) is 1. The fourth-order valence-electron chi connectivity index (χ4n) is 2.98. The predicted molar refractivity (Wildman–Crippen MR) is 85.5 cm³/mol. The first-order chi connectivity index (χ1) is 10.2. The minimum absolute atomic E-state index is 0.0495. The van der Waals surface area contributed by atoms with Gasteiger partial charge in [0.05, 0.1) is 11.4 Å². The Morgan fingerprint density at radius 1 is 1.38 bits per heavy atom. The van der Waals surface area contributed by atoms with Crippen LogP contribution in [0.3, 0.4) is 0 Å². The summed E-state index contributed by atoms with van der Waals surface area (Å²) in [5.74, 6) is -0.0495. The van der Waals surface area contributed by atoms with Crippen LogP contribution in [0.25, 0.3) is 0 Å². The van der Waals surface area contributed by atoms with Crippen LogP contribution < -0.4 is 16.4 Å². The fourth-order valence-corrected chi connectivity index (χ4v) is 2.98. The molecule has 1 aliphatic heterocycles. The van der Waals surface area contributed by atoms with E-state index in [-0.39, 0.29) is 5.91 Å². The lowest BCUT2D eigenvalue weighted by atomic mass is 10.1. The molecule has 0 spiro atoms. The molecule has 2 fully saturated rings. The highest BCUT2D eigenvalue weighted by Gasteiger charge is 2.34. The van der Waals surface area contributed by atoms with Gasteiger partial charge in [-0.05, 0) is 44.4 Å². The summed E-state index contributed by atoms with van der Waals surface area (Å²) >= 11 is 0. The summed E-state index contributed by atoms with van der Waals surface area (Å²) in [5, 5.41) is 6.33. The van der Waals surface area contributed by atoms with Gasteiger partial charge < -0.3 is 16.4 Å². The number of hydrogen-bond acceptors (Lipinski definition) is 4. The average Bonchev–Trinajstić information content (AvgIpc) is 3.22. The maximum absolute atomic E-state index is 11.9. The molecule has 2 aliphatic rings. The summed E-state index contributed by atoms with van der Waals surface area (Å²) in [5.41, 5.74) is 8.28. The standard InChI is InChI=1S/C16H24N4O/c1-2-18-16(21)11-3-6-14(17)15(9-11)19-12-7-8-20(10-12)13-4-5-13/h3,6,9,12-13,19H,2,4-5,7-8,10,17H2,1H3,(H,18,21). The normalized spacial score (nSPS) is 22.2. The van der Waals surface area contributed by atoms with Gasteiger partial charge in [0.15, 0.2) is 0 Å². The molecule has 1 aromatic carbocycles. The molecule has 0 radical (unpaired) electrons. The van der Waals surface area contributed by atoms with Gasteiger partial charge in [0.25, 0.3) is 5.91 Å². The Labute approximate surface area is 125 Å². The molecular weight excluding hydrogens is 264 g/mol. The van der Waals surface area contributed by atoms with E-state index in [9.17, 15) is 4.79 Å². The van der Waals surface area contributed by atoms with E-state index in [1.807, 2.05) is 13.0 Å². The molecule has 1 heterocycles. The number of nitrogen functional groups attached to an aromatic ring is 1. The number of carbonyl (C=O) groups excluding carboxylic acids is 1. The van der Waals surface area contributed by atoms with E-state index in [0.29, 0.717) is 23.8 Å². The first-order valence-electron chi connectivity index (χ1n) is 7.85. The molecule has 0 bridgehead atoms. The van der Waals surface area contributed by atoms with Gasteiger partial charge in [0.1, 0.15) is 0 Å². The number of carbonyl (C=O) groups is 1.